The van der Waals surface area contributed by atoms with Gasteiger partial charge in [-0.15, -0.1) is 0 Å². The molecule has 2 aromatic carbocycles. The zero-order valence-electron chi connectivity index (χ0n) is 13.9. The van der Waals surface area contributed by atoms with Crippen molar-refractivity contribution in [3.63, 3.8) is 0 Å². The summed E-state index contributed by atoms with van der Waals surface area (Å²) in [4.78, 5) is 22.4. The number of nitrogens with zero attached hydrogens (tertiary/aromatic N) is 1. The minimum Gasteiger partial charge on any atom is -0.317 e. The van der Waals surface area contributed by atoms with Gasteiger partial charge in [-0.1, -0.05) is 57.2 Å². The molecule has 0 aliphatic heterocycles. The van der Waals surface area contributed by atoms with Crippen molar-refractivity contribution in [3.8, 4) is 0 Å². The van der Waals surface area contributed by atoms with Crippen LogP contribution in [0.4, 0.5) is 11.4 Å². The van der Waals surface area contributed by atoms with Crippen molar-refractivity contribution in [2.75, 3.05) is 5.32 Å². The van der Waals surface area contributed by atoms with Crippen molar-refractivity contribution in [1.29, 1.82) is 0 Å². The van der Waals surface area contributed by atoms with Gasteiger partial charge in [0, 0.05) is 12.1 Å². The van der Waals surface area contributed by atoms with Crippen LogP contribution < -0.4 is 5.32 Å². The minimum absolute atomic E-state index is 0.0753. The predicted molar refractivity (Wildman–Crippen MR) is 95.9 cm³/mol. The quantitative estimate of drug-likeness (QED) is 0.509. The Morgan fingerprint density at radius 3 is 2.29 bits per heavy atom. The maximum Gasteiger partial charge on any atom is 0.292 e. The molecule has 0 bridgehead atoms. The standard InChI is InChI=1S/C19H20N2O3/c1-19(2,3)15-11-8-14(9-12-15)10-13-18(22)20-16-6-4-5-7-17(16)21(23)24/h4-13H,1-3H3,(H,20,22). The fraction of sp³-hybridized carbons (Fsp3) is 0.211. The zero-order valence-corrected chi connectivity index (χ0v) is 13.9. The zero-order chi connectivity index (χ0) is 17.7. The first-order chi connectivity index (χ1) is 11.3. The molecule has 0 radical (unpaired) electrons. The Labute approximate surface area is 141 Å². The number of para-hydroxylation sites is 2. The van der Waals surface area contributed by atoms with Gasteiger partial charge in [-0.05, 0) is 28.7 Å². The van der Waals surface area contributed by atoms with Crippen molar-refractivity contribution in [1.82, 2.24) is 0 Å². The summed E-state index contributed by atoms with van der Waals surface area (Å²) in [7, 11) is 0. The van der Waals surface area contributed by atoms with Crippen LogP contribution in [0.25, 0.3) is 6.08 Å². The molecular formula is C19H20N2O3. The highest BCUT2D eigenvalue weighted by molar-refractivity contribution is 6.03. The van der Waals surface area contributed by atoms with Crippen LogP contribution in [0.2, 0.25) is 0 Å². The topological polar surface area (TPSA) is 72.2 Å². The van der Waals surface area contributed by atoms with Crippen LogP contribution in [0, 0.1) is 10.1 Å². The Morgan fingerprint density at radius 2 is 1.71 bits per heavy atom. The van der Waals surface area contributed by atoms with Crippen LogP contribution in [0.3, 0.4) is 0 Å². The largest absolute Gasteiger partial charge is 0.317 e. The van der Waals surface area contributed by atoms with Gasteiger partial charge < -0.3 is 5.32 Å². The van der Waals surface area contributed by atoms with Gasteiger partial charge in [0.25, 0.3) is 5.69 Å². The number of hydrogen-bond donors (Lipinski definition) is 1. The normalized spacial score (nSPS) is 11.5. The molecule has 1 N–H and O–H groups in total. The molecule has 124 valence electrons. The second kappa shape index (κ2) is 7.08. The number of carbonyl (C=O) groups is 1. The Morgan fingerprint density at radius 1 is 1.08 bits per heavy atom. The lowest BCUT2D eigenvalue weighted by molar-refractivity contribution is -0.383. The summed E-state index contributed by atoms with van der Waals surface area (Å²) in [5, 5.41) is 13.5. The van der Waals surface area contributed by atoms with Gasteiger partial charge in [-0.25, -0.2) is 0 Å². The fourth-order valence-corrected chi connectivity index (χ4v) is 2.18. The first-order valence-electron chi connectivity index (χ1n) is 7.60. The average Bonchev–Trinajstić information content (AvgIpc) is 2.53. The van der Waals surface area contributed by atoms with Crippen molar-refractivity contribution >= 4 is 23.4 Å². The summed E-state index contributed by atoms with van der Waals surface area (Å²) < 4.78 is 0. The van der Waals surface area contributed by atoms with E-state index in [0.717, 1.165) is 5.56 Å². The first kappa shape index (κ1) is 17.4. The smallest absolute Gasteiger partial charge is 0.292 e. The molecule has 2 rings (SSSR count). The monoisotopic (exact) mass is 324 g/mol. The molecule has 1 amide bonds. The van der Waals surface area contributed by atoms with Gasteiger partial charge in [-0.2, -0.15) is 0 Å². The number of hydrogen-bond acceptors (Lipinski definition) is 3. The molecule has 5 nitrogen and oxygen atoms in total. The van der Waals surface area contributed by atoms with Gasteiger partial charge in [0.15, 0.2) is 0 Å². The number of benzene rings is 2. The molecule has 0 unspecified atom stereocenters. The van der Waals surface area contributed by atoms with E-state index in [4.69, 9.17) is 0 Å². The predicted octanol–water partition coefficient (Wildman–Crippen LogP) is 4.54. The third-order valence-electron chi connectivity index (χ3n) is 3.56. The molecule has 5 heteroatoms. The van der Waals surface area contributed by atoms with Crippen LogP contribution in [-0.4, -0.2) is 10.8 Å². The third kappa shape index (κ3) is 4.52. The minimum atomic E-state index is -0.523. The summed E-state index contributed by atoms with van der Waals surface area (Å²) in [6, 6.07) is 14.0. The third-order valence-corrected chi connectivity index (χ3v) is 3.56. The summed E-state index contributed by atoms with van der Waals surface area (Å²) in [6.45, 7) is 6.41. The Bertz CT molecular complexity index is 772. The molecule has 2 aromatic rings. The number of nitro groups is 1. The van der Waals surface area contributed by atoms with E-state index in [1.807, 2.05) is 24.3 Å². The Balaban J connectivity index is 2.07. The van der Waals surface area contributed by atoms with Crippen molar-refractivity contribution < 1.29 is 9.72 Å². The van der Waals surface area contributed by atoms with Gasteiger partial charge in [0.05, 0.1) is 4.92 Å². The lowest BCUT2D eigenvalue weighted by atomic mass is 9.87. The van der Waals surface area contributed by atoms with Crippen molar-refractivity contribution in [2.45, 2.75) is 26.2 Å². The molecule has 0 aliphatic rings. The fourth-order valence-electron chi connectivity index (χ4n) is 2.18. The number of amides is 1. The second-order valence-corrected chi connectivity index (χ2v) is 6.47. The first-order valence-corrected chi connectivity index (χ1v) is 7.60. The van der Waals surface area contributed by atoms with Crippen molar-refractivity contribution in [2.24, 2.45) is 0 Å². The number of rotatable bonds is 4. The molecule has 0 saturated heterocycles. The van der Waals surface area contributed by atoms with E-state index in [-0.39, 0.29) is 16.8 Å². The molecule has 0 heterocycles. The summed E-state index contributed by atoms with van der Waals surface area (Å²) in [5.41, 5.74) is 2.23. The highest BCUT2D eigenvalue weighted by Crippen LogP contribution is 2.24. The van der Waals surface area contributed by atoms with Crippen molar-refractivity contribution in [3.05, 3.63) is 75.8 Å². The number of anilines is 1. The molecule has 0 fully saturated rings. The molecule has 0 aromatic heterocycles. The van der Waals surface area contributed by atoms with Gasteiger partial charge >= 0.3 is 0 Å². The van der Waals surface area contributed by atoms with E-state index >= 15 is 0 Å². The van der Waals surface area contributed by atoms with E-state index in [2.05, 4.69) is 26.1 Å². The maximum absolute atomic E-state index is 12.0. The van der Waals surface area contributed by atoms with E-state index in [1.165, 1.54) is 23.8 Å². The lowest BCUT2D eigenvalue weighted by Gasteiger charge is -2.18. The molecular weight excluding hydrogens is 304 g/mol. The Kier molecular flexibility index (Phi) is 5.14. The van der Waals surface area contributed by atoms with Crippen LogP contribution >= 0.6 is 0 Å². The number of carbonyl (C=O) groups excluding carboxylic acids is 1. The lowest BCUT2D eigenvalue weighted by Crippen LogP contribution is -2.10. The maximum atomic E-state index is 12.0. The highest BCUT2D eigenvalue weighted by Gasteiger charge is 2.14. The van der Waals surface area contributed by atoms with Crippen LogP contribution in [0.5, 0.6) is 0 Å². The summed E-state index contributed by atoms with van der Waals surface area (Å²) in [6.07, 6.45) is 3.04. The van der Waals surface area contributed by atoms with Gasteiger partial charge in [0.2, 0.25) is 5.91 Å². The molecule has 24 heavy (non-hydrogen) atoms. The van der Waals surface area contributed by atoms with Gasteiger partial charge in [0.1, 0.15) is 5.69 Å². The van der Waals surface area contributed by atoms with E-state index < -0.39 is 10.8 Å². The highest BCUT2D eigenvalue weighted by atomic mass is 16.6. The van der Waals surface area contributed by atoms with Crippen LogP contribution in [-0.2, 0) is 10.2 Å². The van der Waals surface area contributed by atoms with E-state index in [0.29, 0.717) is 0 Å². The SMILES string of the molecule is CC(C)(C)c1ccc(C=CC(=O)Nc2ccccc2[N+](=O)[O-])cc1. The van der Waals surface area contributed by atoms with E-state index in [1.54, 1.807) is 18.2 Å². The molecule has 0 aliphatic carbocycles. The van der Waals surface area contributed by atoms with Gasteiger partial charge in [-0.3, -0.25) is 14.9 Å². The van der Waals surface area contributed by atoms with Crippen LogP contribution in [0.1, 0.15) is 31.9 Å². The number of nitro benzene ring substituents is 1. The number of nitrogens with one attached hydrogen (secondary N) is 1. The average molecular weight is 324 g/mol. The second-order valence-electron chi connectivity index (χ2n) is 6.47. The molecule has 0 spiro atoms. The Hall–Kier alpha value is -2.95. The molecule has 0 atom stereocenters. The van der Waals surface area contributed by atoms with E-state index in [9.17, 15) is 14.9 Å². The summed E-state index contributed by atoms with van der Waals surface area (Å²) >= 11 is 0. The summed E-state index contributed by atoms with van der Waals surface area (Å²) in [5.74, 6) is -0.413. The van der Waals surface area contributed by atoms with Crippen LogP contribution in [0.15, 0.2) is 54.6 Å². The molecule has 0 saturated carbocycles.